The van der Waals surface area contributed by atoms with Crippen molar-refractivity contribution < 1.29 is 39.2 Å². The van der Waals surface area contributed by atoms with Crippen molar-refractivity contribution >= 4 is 86.5 Å². The Morgan fingerprint density at radius 1 is 0.415 bits per heavy atom. The van der Waals surface area contributed by atoms with Crippen LogP contribution >= 0.6 is 11.4 Å². The van der Waals surface area contributed by atoms with Gasteiger partial charge in [-0.3, -0.25) is 0 Å². The van der Waals surface area contributed by atoms with E-state index in [2.05, 4.69) is 52.0 Å². The maximum atomic E-state index is 6.01. The summed E-state index contributed by atoms with van der Waals surface area (Å²) in [7, 11) is 0. The number of unbranched alkanes of at least 4 members (excludes halogenated alkanes) is 4. The number of hydrogen-bond donors (Lipinski definition) is 0. The number of benzene rings is 4. The molecule has 0 spiro atoms. The summed E-state index contributed by atoms with van der Waals surface area (Å²) in [5, 5.41) is 0. The van der Waals surface area contributed by atoms with Gasteiger partial charge in [-0.25, -0.2) is 0 Å². The second-order valence-corrected chi connectivity index (χ2v) is 21.8. The molecule has 0 fully saturated rings. The predicted octanol–water partition coefficient (Wildman–Crippen LogP) is 13.2. The van der Waals surface area contributed by atoms with Crippen molar-refractivity contribution in [3.05, 3.63) is 119 Å². The molecule has 0 amide bonds. The Balaban J connectivity index is 0.000000966. The van der Waals surface area contributed by atoms with Crippen LogP contribution in [0.5, 0.6) is 23.0 Å². The summed E-state index contributed by atoms with van der Waals surface area (Å²) in [5.41, 5.74) is -1.10. The molecule has 0 aliphatic heterocycles. The van der Waals surface area contributed by atoms with Crippen molar-refractivity contribution in [1.29, 1.82) is 0 Å². The van der Waals surface area contributed by atoms with Gasteiger partial charge >= 0.3 is 0 Å². The van der Waals surface area contributed by atoms with Crippen molar-refractivity contribution in [2.75, 3.05) is 0 Å². The first-order chi connectivity index (χ1) is 24.1. The topological polar surface area (TPSA) is 36.9 Å². The number of rotatable bonds is 20. The zero-order valence-electron chi connectivity index (χ0n) is 31.1. The summed E-state index contributed by atoms with van der Waals surface area (Å²) in [6, 6.07) is 31.9. The van der Waals surface area contributed by atoms with E-state index in [1.807, 2.05) is 72.8 Å². The molecule has 0 saturated carbocycles. The molecular formula is C40H52MoO4P2S6-6. The van der Waals surface area contributed by atoms with Crippen LogP contribution in [0.1, 0.15) is 101 Å². The SMILES string of the molecule is CCCCc1ccccc1OP(=S)([S-])Oc1ccccc1CCCC.CCCCc1ccccc1OP(=S)([S-])Oc1ccccc1CCCC.[Mo].[S-2].[S-2]. The molecule has 0 saturated heterocycles. The van der Waals surface area contributed by atoms with Gasteiger partial charge in [0.15, 0.2) is 11.4 Å². The third-order valence-electron chi connectivity index (χ3n) is 7.93. The summed E-state index contributed by atoms with van der Waals surface area (Å²) in [6.45, 7) is 8.71. The molecule has 294 valence electrons. The van der Waals surface area contributed by atoms with Gasteiger partial charge < -0.3 is 69.6 Å². The molecule has 0 radical (unpaired) electrons. The predicted molar refractivity (Wildman–Crippen MR) is 241 cm³/mol. The fourth-order valence-electron chi connectivity index (χ4n) is 5.19. The normalized spacial score (nSPS) is 10.7. The van der Waals surface area contributed by atoms with Gasteiger partial charge in [0.05, 0.1) is 0 Å². The van der Waals surface area contributed by atoms with Crippen LogP contribution < -0.4 is 18.1 Å². The Morgan fingerprint density at radius 2 is 0.604 bits per heavy atom. The third-order valence-corrected chi connectivity index (χ3v) is 11.4. The Kier molecular flexibility index (Phi) is 28.5. The second-order valence-electron chi connectivity index (χ2n) is 12.1. The average molecular weight is 947 g/mol. The Morgan fingerprint density at radius 3 is 0.792 bits per heavy atom. The van der Waals surface area contributed by atoms with Crippen molar-refractivity contribution in [3.63, 3.8) is 0 Å². The van der Waals surface area contributed by atoms with E-state index in [1.54, 1.807) is 0 Å². The zero-order valence-corrected chi connectivity index (χ0v) is 39.8. The fraction of sp³-hybridized carbons (Fsp3) is 0.400. The van der Waals surface area contributed by atoms with Crippen molar-refractivity contribution in [2.45, 2.75) is 105 Å². The maximum absolute atomic E-state index is 6.01. The number of para-hydroxylation sites is 4. The van der Waals surface area contributed by atoms with E-state index in [9.17, 15) is 0 Å². The summed E-state index contributed by atoms with van der Waals surface area (Å²) in [4.78, 5) is 0. The van der Waals surface area contributed by atoms with Gasteiger partial charge in [-0.2, -0.15) is 0 Å². The van der Waals surface area contributed by atoms with Crippen LogP contribution in [-0.4, -0.2) is 0 Å². The van der Waals surface area contributed by atoms with E-state index >= 15 is 0 Å². The third kappa shape index (κ3) is 19.9. The second kappa shape index (κ2) is 28.8. The quantitative estimate of drug-likeness (QED) is 0.0493. The largest absolute Gasteiger partial charge is 2.00 e. The molecule has 0 unspecified atom stereocenters. The molecule has 0 aliphatic rings. The van der Waals surface area contributed by atoms with E-state index in [0.717, 1.165) is 122 Å². The Labute approximate surface area is 369 Å². The molecule has 0 aromatic heterocycles. The fourth-order valence-corrected chi connectivity index (χ4v) is 8.86. The standard InChI is InChI=1S/2C20H27O2PS2.Mo.2S/c2*1-3-5-11-17-13-7-9-15-19(17)21-23(24,25)22-20-16-10-8-14-18(20)12-6-4-2;;;/h2*7-10,13-16H,3-6,11-12H2,1-2H3,(H,24,25);;;/q;;;2*-2/p-2. The zero-order chi connectivity index (χ0) is 36.2. The van der Waals surface area contributed by atoms with Crippen molar-refractivity contribution in [2.24, 2.45) is 0 Å². The first-order valence-electron chi connectivity index (χ1n) is 17.8. The van der Waals surface area contributed by atoms with Gasteiger partial charge in [0.2, 0.25) is 0 Å². The number of aryl methyl sites for hydroxylation is 4. The molecule has 0 atom stereocenters. The minimum Gasteiger partial charge on any atom is -2.00 e. The molecule has 13 heteroatoms. The van der Waals surface area contributed by atoms with Crippen LogP contribution in [0.3, 0.4) is 0 Å². The summed E-state index contributed by atoms with van der Waals surface area (Å²) >= 11 is 22.1. The van der Waals surface area contributed by atoms with Gasteiger partial charge in [-0.1, -0.05) is 126 Å². The summed E-state index contributed by atoms with van der Waals surface area (Å²) in [6.07, 6.45) is 12.8. The van der Waals surface area contributed by atoms with Gasteiger partial charge in [-0.15, -0.1) is 0 Å². The molecule has 4 aromatic rings. The van der Waals surface area contributed by atoms with E-state index in [0.29, 0.717) is 0 Å². The smallest absolute Gasteiger partial charge is 0.156 e. The van der Waals surface area contributed by atoms with Crippen LogP contribution in [0, 0.1) is 0 Å². The van der Waals surface area contributed by atoms with E-state index in [4.69, 9.17) is 66.2 Å². The van der Waals surface area contributed by atoms with Crippen LogP contribution in [0.2, 0.25) is 0 Å². The molecule has 0 aliphatic carbocycles. The van der Waals surface area contributed by atoms with Crippen LogP contribution in [-0.2, 0) is 122 Å². The summed E-state index contributed by atoms with van der Waals surface area (Å²) in [5.74, 6) is 3.06. The van der Waals surface area contributed by atoms with Gasteiger partial charge in [0, 0.05) is 21.1 Å². The van der Waals surface area contributed by atoms with Crippen molar-refractivity contribution in [3.8, 4) is 23.0 Å². The van der Waals surface area contributed by atoms with Gasteiger partial charge in [0.1, 0.15) is 23.0 Å². The molecule has 4 aromatic carbocycles. The van der Waals surface area contributed by atoms with Crippen LogP contribution in [0.25, 0.3) is 0 Å². The Bertz CT molecular complexity index is 1460. The van der Waals surface area contributed by atoms with Gasteiger partial charge in [0.25, 0.3) is 0 Å². The maximum Gasteiger partial charge on any atom is 0.156 e. The van der Waals surface area contributed by atoms with Crippen LogP contribution in [0.15, 0.2) is 97.1 Å². The van der Waals surface area contributed by atoms with E-state index < -0.39 is 11.4 Å². The van der Waals surface area contributed by atoms with Crippen molar-refractivity contribution in [1.82, 2.24) is 0 Å². The Hall–Kier alpha value is -0.532. The minimum absolute atomic E-state index is 0. The molecule has 0 bridgehead atoms. The van der Waals surface area contributed by atoms with E-state index in [1.165, 1.54) is 0 Å². The molecule has 0 heterocycles. The minimum atomic E-state index is -2.84. The number of hydrogen-bond acceptors (Lipinski definition) is 8. The molecule has 0 N–H and O–H groups in total. The first-order valence-corrected chi connectivity index (χ1v) is 25.1. The molecule has 53 heavy (non-hydrogen) atoms. The average Bonchev–Trinajstić information content (AvgIpc) is 3.10. The van der Waals surface area contributed by atoms with Crippen LogP contribution in [0.4, 0.5) is 0 Å². The monoisotopic (exact) mass is 948 g/mol. The van der Waals surface area contributed by atoms with E-state index in [-0.39, 0.29) is 48.1 Å². The molecule has 4 nitrogen and oxygen atoms in total. The molecular weight excluding hydrogens is 895 g/mol. The first kappa shape index (κ1) is 52.5. The molecule has 4 rings (SSSR count). The summed E-state index contributed by atoms with van der Waals surface area (Å²) < 4.78 is 24.0. The van der Waals surface area contributed by atoms with Gasteiger partial charge in [-0.05, 0) is 121 Å².